The Bertz CT molecular complexity index is 779. The van der Waals surface area contributed by atoms with Crippen LogP contribution in [-0.4, -0.2) is 27.2 Å². The maximum absolute atomic E-state index is 13.1. The fourth-order valence-electron chi connectivity index (χ4n) is 1.89. The van der Waals surface area contributed by atoms with Crippen LogP contribution in [0.3, 0.4) is 0 Å². The lowest BCUT2D eigenvalue weighted by atomic mass is 10.2. The molecule has 0 unspecified atom stereocenters. The van der Waals surface area contributed by atoms with Crippen LogP contribution in [-0.2, 0) is 11.3 Å². The number of aromatic nitrogens is 2. The van der Waals surface area contributed by atoms with Gasteiger partial charge in [0.2, 0.25) is 5.91 Å². The zero-order chi connectivity index (χ0) is 17.9. The first-order chi connectivity index (χ1) is 11.3. The Hall–Kier alpha value is -3.11. The summed E-state index contributed by atoms with van der Waals surface area (Å²) in [5.74, 6) is -2.06. The van der Waals surface area contributed by atoms with E-state index in [2.05, 4.69) is 15.2 Å². The van der Waals surface area contributed by atoms with Crippen LogP contribution in [0.2, 0.25) is 0 Å². The number of carbonyl (C=O) groups excluding carboxylic acids is 1. The zero-order valence-electron chi connectivity index (χ0n) is 12.2. The Morgan fingerprint density at radius 2 is 2.21 bits per heavy atom. The van der Waals surface area contributed by atoms with Crippen molar-refractivity contribution in [1.29, 1.82) is 0 Å². The molecule has 2 rings (SSSR count). The van der Waals surface area contributed by atoms with Gasteiger partial charge >= 0.3 is 12.3 Å². The normalized spacial score (nSPS) is 10.7. The maximum atomic E-state index is 13.1. The van der Waals surface area contributed by atoms with E-state index in [0.717, 1.165) is 23.0 Å². The van der Waals surface area contributed by atoms with Crippen molar-refractivity contribution < 1.29 is 27.6 Å². The first-order valence-electron chi connectivity index (χ1n) is 6.49. The number of halogens is 3. The molecule has 1 aromatic carbocycles. The van der Waals surface area contributed by atoms with E-state index < -0.39 is 35.6 Å². The third kappa shape index (κ3) is 4.00. The average Bonchev–Trinajstić information content (AvgIpc) is 2.82. The number of carbonyl (C=O) groups is 1. The summed E-state index contributed by atoms with van der Waals surface area (Å²) in [5.41, 5.74) is -0.273. The van der Waals surface area contributed by atoms with Gasteiger partial charge in [-0.2, -0.15) is 13.9 Å². The minimum Gasteiger partial charge on any atom is -0.432 e. The van der Waals surface area contributed by atoms with Gasteiger partial charge < -0.3 is 10.1 Å². The fraction of sp³-hybridized carbons (Fsp3) is 0.231. The summed E-state index contributed by atoms with van der Waals surface area (Å²) in [6.45, 7) is -2.19. The highest BCUT2D eigenvalue weighted by atomic mass is 19.3. The second kappa shape index (κ2) is 6.98. The number of hydrogen-bond acceptors (Lipinski definition) is 5. The number of benzene rings is 1. The van der Waals surface area contributed by atoms with Crippen molar-refractivity contribution in [3.05, 3.63) is 46.0 Å². The lowest BCUT2D eigenvalue weighted by Crippen LogP contribution is -2.21. The Labute approximate surface area is 133 Å². The Morgan fingerprint density at radius 1 is 1.50 bits per heavy atom. The van der Waals surface area contributed by atoms with E-state index in [0.29, 0.717) is 6.07 Å². The van der Waals surface area contributed by atoms with E-state index in [9.17, 15) is 28.1 Å². The van der Waals surface area contributed by atoms with Gasteiger partial charge in [-0.15, -0.1) is 0 Å². The van der Waals surface area contributed by atoms with Gasteiger partial charge in [-0.05, 0) is 19.1 Å². The van der Waals surface area contributed by atoms with Crippen molar-refractivity contribution in [2.24, 2.45) is 0 Å². The Balaban J connectivity index is 2.14. The first kappa shape index (κ1) is 17.2. The molecular weight excluding hydrogens is 333 g/mol. The molecule has 0 aliphatic rings. The van der Waals surface area contributed by atoms with Crippen molar-refractivity contribution in [2.45, 2.75) is 20.1 Å². The van der Waals surface area contributed by atoms with E-state index >= 15 is 0 Å². The van der Waals surface area contributed by atoms with Gasteiger partial charge in [0.1, 0.15) is 24.3 Å². The summed E-state index contributed by atoms with van der Waals surface area (Å²) in [6, 6.07) is 2.72. The van der Waals surface area contributed by atoms with Gasteiger partial charge in [0, 0.05) is 6.07 Å². The lowest BCUT2D eigenvalue weighted by molar-refractivity contribution is -0.385. The number of amides is 1. The van der Waals surface area contributed by atoms with Crippen molar-refractivity contribution in [3.63, 3.8) is 0 Å². The van der Waals surface area contributed by atoms with Crippen molar-refractivity contribution in [1.82, 2.24) is 9.78 Å². The van der Waals surface area contributed by atoms with Gasteiger partial charge in [0.05, 0.1) is 10.6 Å². The molecule has 0 bridgehead atoms. The van der Waals surface area contributed by atoms with Crippen molar-refractivity contribution in [2.75, 3.05) is 5.32 Å². The summed E-state index contributed by atoms with van der Waals surface area (Å²) in [4.78, 5) is 22.0. The number of rotatable bonds is 6. The Morgan fingerprint density at radius 3 is 2.79 bits per heavy atom. The van der Waals surface area contributed by atoms with Crippen LogP contribution in [0.15, 0.2) is 24.4 Å². The fourth-order valence-corrected chi connectivity index (χ4v) is 1.89. The number of anilines is 1. The molecule has 11 heteroatoms. The van der Waals surface area contributed by atoms with E-state index in [1.807, 2.05) is 0 Å². The highest BCUT2D eigenvalue weighted by Crippen LogP contribution is 2.27. The Kier molecular flexibility index (Phi) is 5.02. The molecule has 128 valence electrons. The minimum atomic E-state index is -3.20. The first-order valence-corrected chi connectivity index (χ1v) is 6.49. The largest absolute Gasteiger partial charge is 0.432 e. The molecular formula is C13H11F3N4O4. The van der Waals surface area contributed by atoms with Crippen LogP contribution in [0.25, 0.3) is 0 Å². The van der Waals surface area contributed by atoms with E-state index in [-0.39, 0.29) is 17.1 Å². The van der Waals surface area contributed by atoms with Gasteiger partial charge in [-0.1, -0.05) is 0 Å². The summed E-state index contributed by atoms with van der Waals surface area (Å²) in [6.07, 6.45) is 0.992. The predicted octanol–water partition coefficient (Wildman–Crippen LogP) is 2.48. The summed E-state index contributed by atoms with van der Waals surface area (Å²) in [5, 5.41) is 16.7. The van der Waals surface area contributed by atoms with Crippen LogP contribution in [0, 0.1) is 22.9 Å². The third-order valence-electron chi connectivity index (χ3n) is 3.00. The number of ether oxygens (including phenoxy) is 1. The predicted molar refractivity (Wildman–Crippen MR) is 75.3 cm³/mol. The molecule has 0 atom stereocenters. The minimum absolute atomic E-state index is 0.151. The molecule has 0 fully saturated rings. The van der Waals surface area contributed by atoms with Crippen LogP contribution >= 0.6 is 0 Å². The standard InChI is InChI=1S/C13H11F3N4O4/c1-7-10(20(22)23)5-17-19(7)6-12(21)18-9-3-2-8(14)4-11(9)24-13(15)16/h2-5,13H,6H2,1H3,(H,18,21). The zero-order valence-corrected chi connectivity index (χ0v) is 12.2. The van der Waals surface area contributed by atoms with Crippen LogP contribution in [0.1, 0.15) is 5.69 Å². The molecule has 0 saturated carbocycles. The monoisotopic (exact) mass is 344 g/mol. The number of nitro groups is 1. The molecule has 1 N–H and O–H groups in total. The lowest BCUT2D eigenvalue weighted by Gasteiger charge is -2.12. The van der Waals surface area contributed by atoms with Gasteiger partial charge in [0.25, 0.3) is 0 Å². The highest BCUT2D eigenvalue weighted by Gasteiger charge is 2.19. The second-order valence-electron chi connectivity index (χ2n) is 4.60. The molecule has 8 nitrogen and oxygen atoms in total. The smallest absolute Gasteiger partial charge is 0.387 e. The number of nitrogens with one attached hydrogen (secondary N) is 1. The summed E-state index contributed by atoms with van der Waals surface area (Å²) >= 11 is 0. The van der Waals surface area contributed by atoms with Gasteiger partial charge in [-0.25, -0.2) is 4.39 Å². The van der Waals surface area contributed by atoms with Gasteiger partial charge in [0.15, 0.2) is 5.75 Å². The summed E-state index contributed by atoms with van der Waals surface area (Å²) < 4.78 is 42.9. The highest BCUT2D eigenvalue weighted by molar-refractivity contribution is 5.92. The topological polar surface area (TPSA) is 99.3 Å². The third-order valence-corrected chi connectivity index (χ3v) is 3.00. The van der Waals surface area contributed by atoms with Crippen molar-refractivity contribution in [3.8, 4) is 5.75 Å². The quantitative estimate of drug-likeness (QED) is 0.641. The number of alkyl halides is 2. The molecule has 0 radical (unpaired) electrons. The van der Waals surface area contributed by atoms with Gasteiger partial charge in [-0.3, -0.25) is 19.6 Å². The maximum Gasteiger partial charge on any atom is 0.387 e. The second-order valence-corrected chi connectivity index (χ2v) is 4.60. The molecule has 0 aliphatic carbocycles. The van der Waals surface area contributed by atoms with Crippen LogP contribution in [0.5, 0.6) is 5.75 Å². The van der Waals surface area contributed by atoms with E-state index in [4.69, 9.17) is 0 Å². The molecule has 0 spiro atoms. The molecule has 0 aliphatic heterocycles. The van der Waals surface area contributed by atoms with E-state index in [1.165, 1.54) is 6.92 Å². The molecule has 1 heterocycles. The molecule has 24 heavy (non-hydrogen) atoms. The summed E-state index contributed by atoms with van der Waals surface area (Å²) in [7, 11) is 0. The van der Waals surface area contributed by atoms with E-state index in [1.54, 1.807) is 0 Å². The number of hydrogen-bond donors (Lipinski definition) is 1. The number of nitrogens with zero attached hydrogens (tertiary/aromatic N) is 3. The molecule has 2 aromatic rings. The SMILES string of the molecule is Cc1c([N+](=O)[O-])cnn1CC(=O)Nc1ccc(F)cc1OC(F)F. The van der Waals surface area contributed by atoms with Crippen LogP contribution in [0.4, 0.5) is 24.5 Å². The molecule has 0 saturated heterocycles. The molecule has 1 aromatic heterocycles. The molecule has 1 amide bonds. The van der Waals surface area contributed by atoms with Crippen molar-refractivity contribution >= 4 is 17.3 Å². The van der Waals surface area contributed by atoms with Crippen LogP contribution < -0.4 is 10.1 Å². The average molecular weight is 344 g/mol.